The Kier molecular flexibility index (Phi) is 10.6. The van der Waals surface area contributed by atoms with Crippen LogP contribution < -0.4 is 4.80 Å². The first-order valence-corrected chi connectivity index (χ1v) is 13.8. The van der Waals surface area contributed by atoms with Gasteiger partial charge in [0, 0.05) is 26.2 Å². The first-order valence-electron chi connectivity index (χ1n) is 11.8. The Balaban J connectivity index is 1.72. The first kappa shape index (κ1) is 26.4. The summed E-state index contributed by atoms with van der Waals surface area (Å²) in [5, 5.41) is 0. The van der Waals surface area contributed by atoms with Crippen LogP contribution >= 0.6 is 23.1 Å². The molecule has 3 rings (SSSR count). The van der Waals surface area contributed by atoms with Crippen LogP contribution in [0.2, 0.25) is 0 Å². The van der Waals surface area contributed by atoms with Crippen molar-refractivity contribution in [1.82, 2.24) is 9.47 Å². The molecule has 1 aromatic carbocycles. The number of esters is 1. The predicted molar refractivity (Wildman–Crippen MR) is 135 cm³/mol. The molecule has 34 heavy (non-hydrogen) atoms. The third kappa shape index (κ3) is 7.41. The van der Waals surface area contributed by atoms with E-state index >= 15 is 0 Å². The molecule has 8 nitrogen and oxygen atoms in total. The van der Waals surface area contributed by atoms with Crippen molar-refractivity contribution in [2.24, 2.45) is 4.99 Å². The molecule has 0 saturated carbocycles. The summed E-state index contributed by atoms with van der Waals surface area (Å²) in [5.41, 5.74) is 1.35. The fraction of sp³-hybridized carbons (Fsp3) is 0.583. The lowest BCUT2D eigenvalue weighted by Gasteiger charge is -2.19. The molecule has 0 radical (unpaired) electrons. The van der Waals surface area contributed by atoms with Crippen molar-refractivity contribution in [3.63, 3.8) is 0 Å². The Morgan fingerprint density at radius 3 is 2.53 bits per heavy atom. The normalized spacial score (nSPS) is 14.9. The fourth-order valence-corrected chi connectivity index (χ4v) is 5.60. The van der Waals surface area contributed by atoms with E-state index in [4.69, 9.17) is 9.47 Å². The van der Waals surface area contributed by atoms with Crippen LogP contribution in [0.25, 0.3) is 10.2 Å². The van der Waals surface area contributed by atoms with Gasteiger partial charge in [-0.1, -0.05) is 24.2 Å². The average Bonchev–Trinajstić information content (AvgIpc) is 2.98. The zero-order valence-corrected chi connectivity index (χ0v) is 21.5. The molecule has 0 atom stereocenters. The van der Waals surface area contributed by atoms with Crippen molar-refractivity contribution in [1.29, 1.82) is 0 Å². The minimum atomic E-state index is -0.376. The second kappa shape index (κ2) is 13.7. The van der Waals surface area contributed by atoms with E-state index in [0.29, 0.717) is 42.5 Å². The predicted octanol–water partition coefficient (Wildman–Crippen LogP) is 3.48. The van der Waals surface area contributed by atoms with E-state index in [1.807, 2.05) is 22.5 Å². The molecule has 0 spiro atoms. The molecule has 0 bridgehead atoms. The van der Waals surface area contributed by atoms with Crippen molar-refractivity contribution < 1.29 is 23.9 Å². The van der Waals surface area contributed by atoms with Gasteiger partial charge in [0.15, 0.2) is 4.80 Å². The molecule has 0 unspecified atom stereocenters. The van der Waals surface area contributed by atoms with Crippen LogP contribution in [0.1, 0.15) is 49.9 Å². The van der Waals surface area contributed by atoms with Gasteiger partial charge >= 0.3 is 5.97 Å². The summed E-state index contributed by atoms with van der Waals surface area (Å²) >= 11 is 2.66. The number of carbonyl (C=O) groups is 3. The minimum Gasteiger partial charge on any atom is -0.462 e. The second-order valence-corrected chi connectivity index (χ2v) is 9.92. The Hall–Kier alpha value is -2.17. The summed E-state index contributed by atoms with van der Waals surface area (Å²) in [5.74, 6) is -0.122. The number of thiazole rings is 1. The van der Waals surface area contributed by atoms with Gasteiger partial charge in [-0.3, -0.25) is 9.59 Å². The first-order chi connectivity index (χ1) is 16.5. The second-order valence-electron chi connectivity index (χ2n) is 7.93. The fourth-order valence-electron chi connectivity index (χ4n) is 3.79. The number of fused-ring (bicyclic) bond motifs is 1. The van der Waals surface area contributed by atoms with E-state index in [9.17, 15) is 14.4 Å². The van der Waals surface area contributed by atoms with Gasteiger partial charge in [-0.25, -0.2) is 4.79 Å². The lowest BCUT2D eigenvalue weighted by atomic mass is 10.2. The summed E-state index contributed by atoms with van der Waals surface area (Å²) in [4.78, 5) is 44.0. The van der Waals surface area contributed by atoms with Gasteiger partial charge < -0.3 is 18.9 Å². The molecule has 0 N–H and O–H groups in total. The lowest BCUT2D eigenvalue weighted by Crippen LogP contribution is -2.33. The van der Waals surface area contributed by atoms with E-state index in [1.165, 1.54) is 35.9 Å². The van der Waals surface area contributed by atoms with E-state index in [0.717, 1.165) is 36.1 Å². The smallest absolute Gasteiger partial charge is 0.338 e. The maximum Gasteiger partial charge on any atom is 0.338 e. The largest absolute Gasteiger partial charge is 0.462 e. The number of aromatic nitrogens is 1. The number of carbonyl (C=O) groups excluding carboxylic acids is 3. The monoisotopic (exact) mass is 507 g/mol. The molecule has 186 valence electrons. The molecular weight excluding hydrogens is 474 g/mol. The van der Waals surface area contributed by atoms with Crippen molar-refractivity contribution in [3.8, 4) is 0 Å². The number of nitrogens with zero attached hydrogens (tertiary/aromatic N) is 3. The molecule has 1 fully saturated rings. The highest BCUT2D eigenvalue weighted by atomic mass is 32.2. The topological polar surface area (TPSA) is 90.2 Å². The van der Waals surface area contributed by atoms with Gasteiger partial charge in [-0.15, -0.1) is 11.8 Å². The van der Waals surface area contributed by atoms with Crippen LogP contribution in [0, 0.1) is 0 Å². The summed E-state index contributed by atoms with van der Waals surface area (Å²) in [6, 6.07) is 5.34. The van der Waals surface area contributed by atoms with Gasteiger partial charge in [0.05, 0.1) is 40.5 Å². The Labute approximate surface area is 208 Å². The van der Waals surface area contributed by atoms with Crippen LogP contribution in [0.4, 0.5) is 0 Å². The number of hydrogen-bond acceptors (Lipinski definition) is 7. The van der Waals surface area contributed by atoms with Crippen LogP contribution in [0.15, 0.2) is 23.2 Å². The third-order valence-electron chi connectivity index (χ3n) is 5.49. The summed E-state index contributed by atoms with van der Waals surface area (Å²) in [6.07, 6.45) is 4.45. The quantitative estimate of drug-likeness (QED) is 0.361. The number of ether oxygens (including phenoxy) is 2. The Morgan fingerprint density at radius 1 is 1.06 bits per heavy atom. The van der Waals surface area contributed by atoms with Crippen molar-refractivity contribution in [2.45, 2.75) is 46.1 Å². The maximum absolute atomic E-state index is 12.6. The average molecular weight is 508 g/mol. The van der Waals surface area contributed by atoms with Crippen molar-refractivity contribution >= 4 is 51.1 Å². The van der Waals surface area contributed by atoms with E-state index in [1.54, 1.807) is 19.1 Å². The number of rotatable bonds is 10. The zero-order valence-electron chi connectivity index (χ0n) is 19.9. The molecule has 1 aliphatic rings. The number of hydrogen-bond donors (Lipinski definition) is 0. The summed E-state index contributed by atoms with van der Waals surface area (Å²) in [7, 11) is 0. The van der Waals surface area contributed by atoms with Gasteiger partial charge in [-0.05, 0) is 44.9 Å². The van der Waals surface area contributed by atoms with Crippen LogP contribution in [-0.4, -0.2) is 71.7 Å². The van der Waals surface area contributed by atoms with Crippen LogP contribution in [0.5, 0.6) is 0 Å². The van der Waals surface area contributed by atoms with Crippen molar-refractivity contribution in [2.75, 3.05) is 44.4 Å². The van der Waals surface area contributed by atoms with Gasteiger partial charge in [0.1, 0.15) is 0 Å². The summed E-state index contributed by atoms with van der Waals surface area (Å²) < 4.78 is 13.4. The molecule has 10 heteroatoms. The number of thioether (sulfide) groups is 1. The highest BCUT2D eigenvalue weighted by Gasteiger charge is 2.16. The number of amides is 2. The number of likely N-dealkylation sites (tertiary alicyclic amines) is 1. The van der Waals surface area contributed by atoms with Crippen molar-refractivity contribution in [3.05, 3.63) is 28.6 Å². The molecule has 2 amide bonds. The van der Waals surface area contributed by atoms with Crippen LogP contribution in [0.3, 0.4) is 0 Å². The van der Waals surface area contributed by atoms with Gasteiger partial charge in [-0.2, -0.15) is 4.99 Å². The summed E-state index contributed by atoms with van der Waals surface area (Å²) in [6.45, 7) is 7.26. The standard InChI is InChI=1S/C24H33N3O5S2/c1-3-31-14-13-27-19-10-9-18(23(30)32-4-2)15-20(19)34-24(27)25-21(28)16-33-17-22(29)26-11-7-5-6-8-12-26/h9-10,15H,3-8,11-14,16-17H2,1-2H3. The van der Waals surface area contributed by atoms with E-state index < -0.39 is 0 Å². The molecule has 1 aromatic heterocycles. The minimum absolute atomic E-state index is 0.0971. The third-order valence-corrected chi connectivity index (χ3v) is 7.43. The van der Waals surface area contributed by atoms with Gasteiger partial charge in [0.25, 0.3) is 5.91 Å². The maximum atomic E-state index is 12.6. The zero-order chi connectivity index (χ0) is 24.3. The molecule has 0 aliphatic carbocycles. The molecule has 2 aromatic rings. The molecule has 1 saturated heterocycles. The highest BCUT2D eigenvalue weighted by molar-refractivity contribution is 8.00. The van der Waals surface area contributed by atoms with Gasteiger partial charge in [0.2, 0.25) is 5.91 Å². The molecule has 1 aliphatic heterocycles. The van der Waals surface area contributed by atoms with Crippen LogP contribution in [-0.2, 0) is 25.6 Å². The van der Waals surface area contributed by atoms with E-state index in [2.05, 4.69) is 4.99 Å². The highest BCUT2D eigenvalue weighted by Crippen LogP contribution is 2.20. The lowest BCUT2D eigenvalue weighted by molar-refractivity contribution is -0.128. The molecule has 2 heterocycles. The number of benzene rings is 1. The molecular formula is C24H33N3O5S2. The Bertz CT molecular complexity index is 1050. The Morgan fingerprint density at radius 2 is 1.82 bits per heavy atom. The SMILES string of the molecule is CCOCCn1c(=NC(=O)CSCC(=O)N2CCCCCC2)sc2cc(C(=O)OCC)ccc21. The van der Waals surface area contributed by atoms with E-state index in [-0.39, 0.29) is 23.5 Å².